The molecule has 0 bridgehead atoms. The molecule has 0 fully saturated rings. The number of carbonyl (C=O) groups is 1. The van der Waals surface area contributed by atoms with Crippen molar-refractivity contribution in [3.63, 3.8) is 0 Å². The molecule has 0 spiro atoms. The number of halogens is 2. The predicted molar refractivity (Wildman–Crippen MR) is 151 cm³/mol. The topological polar surface area (TPSA) is 74.2 Å². The molecule has 3 aromatic carbocycles. The van der Waals surface area contributed by atoms with E-state index < -0.39 is 5.97 Å². The van der Waals surface area contributed by atoms with E-state index in [9.17, 15) is 9.90 Å². The fraction of sp³-hybridized carbons (Fsp3) is 0.148. The number of fused-ring (bicyclic) bond motifs is 2. The largest absolute Gasteiger partial charge is 0.504 e. The van der Waals surface area contributed by atoms with Crippen LogP contribution in [-0.2, 0) is 11.3 Å². The number of thiophene rings is 2. The van der Waals surface area contributed by atoms with Gasteiger partial charge in [-0.25, -0.2) is 4.79 Å². The summed E-state index contributed by atoms with van der Waals surface area (Å²) in [5.41, 5.74) is 1.05. The van der Waals surface area contributed by atoms with Crippen molar-refractivity contribution in [3.05, 3.63) is 80.5 Å². The number of phenols is 1. The lowest BCUT2D eigenvalue weighted by Crippen LogP contribution is -1.98. The van der Waals surface area contributed by atoms with Crippen molar-refractivity contribution < 1.29 is 28.8 Å². The van der Waals surface area contributed by atoms with Crippen LogP contribution >= 0.6 is 45.9 Å². The summed E-state index contributed by atoms with van der Waals surface area (Å²) in [5.74, 6) is 1.31. The van der Waals surface area contributed by atoms with Gasteiger partial charge in [0.15, 0.2) is 23.0 Å². The van der Waals surface area contributed by atoms with E-state index in [-0.39, 0.29) is 5.75 Å². The average molecular weight is 578 g/mol. The van der Waals surface area contributed by atoms with Crippen LogP contribution in [0.4, 0.5) is 0 Å². The maximum absolute atomic E-state index is 11.8. The second-order valence-electron chi connectivity index (χ2n) is 7.61. The number of hydrogen-bond acceptors (Lipinski definition) is 8. The van der Waals surface area contributed by atoms with Gasteiger partial charge in [-0.1, -0.05) is 53.5 Å². The van der Waals surface area contributed by atoms with Gasteiger partial charge in [0.25, 0.3) is 0 Å². The summed E-state index contributed by atoms with van der Waals surface area (Å²) in [5, 5.41) is 14.0. The zero-order chi connectivity index (χ0) is 26.5. The normalized spacial score (nSPS) is 10.6. The molecule has 0 saturated heterocycles. The number of hydrogen-bond donors (Lipinski definition) is 1. The number of benzene rings is 3. The molecule has 0 saturated carbocycles. The second kappa shape index (κ2) is 11.9. The van der Waals surface area contributed by atoms with Crippen LogP contribution in [0.5, 0.6) is 23.0 Å². The smallest absolute Gasteiger partial charge is 0.349 e. The van der Waals surface area contributed by atoms with Crippen molar-refractivity contribution in [2.45, 2.75) is 6.61 Å². The molecule has 0 amide bonds. The molecular weight excluding hydrogens is 555 g/mol. The summed E-state index contributed by atoms with van der Waals surface area (Å²) in [6.07, 6.45) is 0. The van der Waals surface area contributed by atoms with Crippen molar-refractivity contribution in [2.75, 3.05) is 21.3 Å². The summed E-state index contributed by atoms with van der Waals surface area (Å²) >= 11 is 15.0. The first-order valence-electron chi connectivity index (χ1n) is 10.8. The molecule has 0 aliphatic carbocycles. The summed E-state index contributed by atoms with van der Waals surface area (Å²) in [7, 11) is 4.41. The van der Waals surface area contributed by atoms with Gasteiger partial charge in [0, 0.05) is 37.7 Å². The Morgan fingerprint density at radius 3 is 2.27 bits per heavy atom. The van der Waals surface area contributed by atoms with Crippen molar-refractivity contribution in [2.24, 2.45) is 0 Å². The summed E-state index contributed by atoms with van der Waals surface area (Å²) in [6.45, 7) is 0.422. The first-order valence-corrected chi connectivity index (χ1v) is 13.3. The number of methoxy groups -OCH3 is 3. The first kappa shape index (κ1) is 26.9. The minimum absolute atomic E-state index is 0.147. The van der Waals surface area contributed by atoms with Crippen LogP contribution < -0.4 is 14.2 Å². The van der Waals surface area contributed by atoms with E-state index in [1.807, 2.05) is 41.8 Å². The monoisotopic (exact) mass is 576 g/mol. The third-order valence-corrected chi connectivity index (χ3v) is 8.37. The molecule has 192 valence electrons. The molecule has 0 aliphatic heterocycles. The fourth-order valence-electron chi connectivity index (χ4n) is 3.48. The average Bonchev–Trinajstić information content (AvgIpc) is 3.45. The van der Waals surface area contributed by atoms with Gasteiger partial charge < -0.3 is 24.1 Å². The van der Waals surface area contributed by atoms with Crippen LogP contribution in [0.3, 0.4) is 0 Å². The van der Waals surface area contributed by atoms with Gasteiger partial charge in [-0.05, 0) is 17.7 Å². The molecule has 5 rings (SSSR count). The van der Waals surface area contributed by atoms with Crippen molar-refractivity contribution in [1.82, 2.24) is 0 Å². The molecule has 10 heteroatoms. The van der Waals surface area contributed by atoms with Gasteiger partial charge in [0.2, 0.25) is 0 Å². The molecule has 1 N–H and O–H groups in total. The molecular formula is C27H22Cl2O6S2. The van der Waals surface area contributed by atoms with Crippen LogP contribution in [0.2, 0.25) is 10.0 Å². The zero-order valence-electron chi connectivity index (χ0n) is 20.0. The minimum Gasteiger partial charge on any atom is -0.504 e. The van der Waals surface area contributed by atoms with Crippen molar-refractivity contribution >= 4 is 72.0 Å². The van der Waals surface area contributed by atoms with Crippen molar-refractivity contribution in [3.8, 4) is 23.0 Å². The quantitative estimate of drug-likeness (QED) is 0.205. The van der Waals surface area contributed by atoms with Crippen LogP contribution in [0.25, 0.3) is 20.2 Å². The second-order valence-corrected chi connectivity index (χ2v) is 10.4. The lowest BCUT2D eigenvalue weighted by molar-refractivity contribution is 0.0606. The van der Waals surface area contributed by atoms with Gasteiger partial charge in [-0.15, -0.1) is 22.7 Å². The Morgan fingerprint density at radius 1 is 0.892 bits per heavy atom. The van der Waals surface area contributed by atoms with E-state index >= 15 is 0 Å². The van der Waals surface area contributed by atoms with Gasteiger partial charge in [-0.2, -0.15) is 0 Å². The molecule has 37 heavy (non-hydrogen) atoms. The highest BCUT2D eigenvalue weighted by atomic mass is 35.5. The van der Waals surface area contributed by atoms with Crippen LogP contribution in [0.1, 0.15) is 15.2 Å². The van der Waals surface area contributed by atoms with Crippen LogP contribution in [0, 0.1) is 0 Å². The molecule has 6 nitrogen and oxygen atoms in total. The van der Waals surface area contributed by atoms with Crippen LogP contribution in [0.15, 0.2) is 60.0 Å². The SMILES string of the molecule is COC(=O)c1sc2cc(OCc3ccccc3)c(OC)cc2c1Cl.COc1cc2c(Cl)csc2cc1O. The Hall–Kier alpha value is -3.17. The molecule has 2 aromatic heterocycles. The maximum Gasteiger partial charge on any atom is 0.349 e. The Balaban J connectivity index is 0.000000207. The van der Waals surface area contributed by atoms with E-state index in [1.165, 1.54) is 36.9 Å². The number of esters is 1. The summed E-state index contributed by atoms with van der Waals surface area (Å²) < 4.78 is 22.8. The molecule has 0 radical (unpaired) electrons. The molecule has 0 unspecified atom stereocenters. The first-order chi connectivity index (χ1) is 17.9. The summed E-state index contributed by atoms with van der Waals surface area (Å²) in [6, 6.07) is 16.9. The molecule has 0 aliphatic rings. The van der Waals surface area contributed by atoms with E-state index in [2.05, 4.69) is 0 Å². The Bertz CT molecular complexity index is 1550. The third-order valence-electron chi connectivity index (χ3n) is 5.35. The number of carbonyl (C=O) groups excluding carboxylic acids is 1. The highest BCUT2D eigenvalue weighted by Gasteiger charge is 2.20. The number of aromatic hydroxyl groups is 1. The highest BCUT2D eigenvalue weighted by Crippen LogP contribution is 2.42. The zero-order valence-corrected chi connectivity index (χ0v) is 23.2. The van der Waals surface area contributed by atoms with Gasteiger partial charge in [0.05, 0.1) is 31.4 Å². The lowest BCUT2D eigenvalue weighted by atomic mass is 10.2. The Morgan fingerprint density at radius 2 is 1.59 bits per heavy atom. The molecule has 0 atom stereocenters. The van der Waals surface area contributed by atoms with Crippen LogP contribution in [-0.4, -0.2) is 32.4 Å². The van der Waals surface area contributed by atoms with E-state index in [4.69, 9.17) is 42.1 Å². The standard InChI is InChI=1S/C18H15ClO4S.C9H7ClO2S/c1-21-13-8-12-15(24-17(16(12)19)18(20)22-2)9-14(13)23-10-11-6-4-3-5-7-11;1-12-8-2-5-6(10)4-13-9(5)3-7(8)11/h3-9H,10H2,1-2H3;2-4,11H,1H3. The van der Waals surface area contributed by atoms with Gasteiger partial charge >= 0.3 is 5.97 Å². The molecule has 2 heterocycles. The number of phenolic OH excluding ortho intramolecular Hbond substituents is 1. The fourth-order valence-corrected chi connectivity index (χ4v) is 6.09. The third kappa shape index (κ3) is 5.88. The lowest BCUT2D eigenvalue weighted by Gasteiger charge is -2.11. The van der Waals surface area contributed by atoms with Crippen molar-refractivity contribution in [1.29, 1.82) is 0 Å². The van der Waals surface area contributed by atoms with Gasteiger partial charge in [0.1, 0.15) is 11.5 Å². The number of rotatable bonds is 6. The number of ether oxygens (including phenoxy) is 4. The Kier molecular flexibility index (Phi) is 8.66. The van der Waals surface area contributed by atoms with E-state index in [0.29, 0.717) is 38.8 Å². The minimum atomic E-state index is -0.452. The van der Waals surface area contributed by atoms with E-state index in [1.54, 1.807) is 25.3 Å². The van der Waals surface area contributed by atoms with E-state index in [0.717, 1.165) is 25.7 Å². The maximum atomic E-state index is 11.8. The molecule has 5 aromatic rings. The van der Waals surface area contributed by atoms with Gasteiger partial charge in [-0.3, -0.25) is 0 Å². The highest BCUT2D eigenvalue weighted by molar-refractivity contribution is 7.21. The Labute approximate surface area is 231 Å². The summed E-state index contributed by atoms with van der Waals surface area (Å²) in [4.78, 5) is 12.2. The predicted octanol–water partition coefficient (Wildman–Crippen LogP) is 8.20.